The van der Waals surface area contributed by atoms with Crippen molar-refractivity contribution in [1.82, 2.24) is 0 Å². The molecule has 1 N–H and O–H groups in total. The lowest BCUT2D eigenvalue weighted by Crippen LogP contribution is -2.03. The number of hydrogen-bond donors (Lipinski definition) is 1. The van der Waals surface area contributed by atoms with Crippen molar-refractivity contribution >= 4 is 5.97 Å². The molecule has 1 fully saturated rings. The third kappa shape index (κ3) is 8.20. The molecule has 0 bridgehead atoms. The van der Waals surface area contributed by atoms with Crippen LogP contribution in [-0.2, 0) is 11.2 Å². The summed E-state index contributed by atoms with van der Waals surface area (Å²) in [6, 6.07) is 10.7. The molecule has 1 saturated carbocycles. The zero-order valence-electron chi connectivity index (χ0n) is 15.3. The normalized spacial score (nSPS) is 20.6. The fourth-order valence-electron chi connectivity index (χ4n) is 3.71. The summed E-state index contributed by atoms with van der Waals surface area (Å²) in [6.45, 7) is 0. The highest BCUT2D eigenvalue weighted by Crippen LogP contribution is 2.35. The third-order valence-electron chi connectivity index (χ3n) is 5.15. The Bertz CT molecular complexity index is 544. The number of aliphatic carboxylic acids is 1. The monoisotopic (exact) mass is 340 g/mol. The van der Waals surface area contributed by atoms with Crippen LogP contribution < -0.4 is 0 Å². The summed E-state index contributed by atoms with van der Waals surface area (Å²) in [7, 11) is 0. The number of rotatable bonds is 11. The van der Waals surface area contributed by atoms with Crippen LogP contribution in [-0.4, -0.2) is 11.1 Å². The molecule has 2 heteroatoms. The molecule has 2 atom stereocenters. The quantitative estimate of drug-likeness (QED) is 0.385. The zero-order chi connectivity index (χ0) is 17.7. The first-order chi connectivity index (χ1) is 12.3. The van der Waals surface area contributed by atoms with Crippen molar-refractivity contribution < 1.29 is 9.90 Å². The molecule has 1 aromatic carbocycles. The molecular formula is C23H32O2. The summed E-state index contributed by atoms with van der Waals surface area (Å²) >= 11 is 0. The summed E-state index contributed by atoms with van der Waals surface area (Å²) in [5.41, 5.74) is 1.43. The van der Waals surface area contributed by atoms with Gasteiger partial charge in [-0.15, -0.1) is 0 Å². The number of carboxylic acids is 1. The molecule has 1 aliphatic carbocycles. The molecule has 25 heavy (non-hydrogen) atoms. The van der Waals surface area contributed by atoms with Crippen LogP contribution in [0.3, 0.4) is 0 Å². The standard InChI is InChI=1S/C23H32O2/c24-23(25)19-10-2-1-8-15-21-17-11-18-22(21)16-9-4-7-14-20-12-5-3-6-13-20/h1,3,5-6,8-9,12-13,16,21-22H,2,4,7,10-11,14-15,17-19H2,(H,24,25)/b8-1-,16-9+/t21-,22-/m0/s1. The van der Waals surface area contributed by atoms with Crippen LogP contribution in [0.25, 0.3) is 0 Å². The maximum atomic E-state index is 10.5. The first-order valence-electron chi connectivity index (χ1n) is 9.83. The summed E-state index contributed by atoms with van der Waals surface area (Å²) < 4.78 is 0. The molecule has 0 aliphatic heterocycles. The van der Waals surface area contributed by atoms with Crippen LogP contribution in [0.1, 0.15) is 63.4 Å². The second-order valence-electron chi connectivity index (χ2n) is 7.15. The van der Waals surface area contributed by atoms with E-state index in [1.165, 1.54) is 44.1 Å². The van der Waals surface area contributed by atoms with Gasteiger partial charge in [0.2, 0.25) is 0 Å². The van der Waals surface area contributed by atoms with Gasteiger partial charge in [-0.25, -0.2) is 0 Å². The van der Waals surface area contributed by atoms with E-state index < -0.39 is 5.97 Å². The van der Waals surface area contributed by atoms with Crippen LogP contribution in [0.4, 0.5) is 0 Å². The summed E-state index contributed by atoms with van der Waals surface area (Å²) in [5.74, 6) is 0.822. The first-order valence-corrected chi connectivity index (χ1v) is 9.83. The summed E-state index contributed by atoms with van der Waals surface area (Å²) in [4.78, 5) is 10.5. The molecule has 0 unspecified atom stereocenters. The van der Waals surface area contributed by atoms with E-state index in [0.29, 0.717) is 0 Å². The minimum Gasteiger partial charge on any atom is -0.481 e. The Kier molecular flexibility index (Phi) is 9.11. The number of carbonyl (C=O) groups is 1. The molecule has 1 aromatic rings. The van der Waals surface area contributed by atoms with Gasteiger partial charge in [-0.2, -0.15) is 0 Å². The van der Waals surface area contributed by atoms with E-state index in [1.807, 2.05) is 0 Å². The largest absolute Gasteiger partial charge is 0.481 e. The van der Waals surface area contributed by atoms with Crippen molar-refractivity contribution in [1.29, 1.82) is 0 Å². The number of benzene rings is 1. The van der Waals surface area contributed by atoms with Crippen molar-refractivity contribution in [3.8, 4) is 0 Å². The molecule has 0 heterocycles. The van der Waals surface area contributed by atoms with E-state index in [-0.39, 0.29) is 6.42 Å². The van der Waals surface area contributed by atoms with Gasteiger partial charge < -0.3 is 5.11 Å². The average molecular weight is 341 g/mol. The lowest BCUT2D eigenvalue weighted by molar-refractivity contribution is -0.137. The van der Waals surface area contributed by atoms with Crippen molar-refractivity contribution in [2.24, 2.45) is 11.8 Å². The molecule has 0 radical (unpaired) electrons. The lowest BCUT2D eigenvalue weighted by Gasteiger charge is -2.14. The van der Waals surface area contributed by atoms with Crippen LogP contribution in [0.2, 0.25) is 0 Å². The first kappa shape index (κ1) is 19.5. The second kappa shape index (κ2) is 11.7. The van der Waals surface area contributed by atoms with E-state index in [1.54, 1.807) is 0 Å². The number of aryl methyl sites for hydroxylation is 1. The van der Waals surface area contributed by atoms with Crippen molar-refractivity contribution in [3.05, 3.63) is 60.2 Å². The molecule has 0 amide bonds. The summed E-state index contributed by atoms with van der Waals surface area (Å²) in [6.07, 6.45) is 19.9. The van der Waals surface area contributed by atoms with Gasteiger partial charge in [0, 0.05) is 6.42 Å². The minimum atomic E-state index is -0.693. The molecule has 0 saturated heterocycles. The predicted molar refractivity (Wildman–Crippen MR) is 105 cm³/mol. The Balaban J connectivity index is 1.61. The Labute approximate surface area is 152 Å². The second-order valence-corrected chi connectivity index (χ2v) is 7.15. The van der Waals surface area contributed by atoms with Gasteiger partial charge in [-0.3, -0.25) is 4.79 Å². The van der Waals surface area contributed by atoms with E-state index in [2.05, 4.69) is 54.6 Å². The van der Waals surface area contributed by atoms with Crippen LogP contribution in [0, 0.1) is 11.8 Å². The van der Waals surface area contributed by atoms with Crippen LogP contribution in [0.15, 0.2) is 54.6 Å². The average Bonchev–Trinajstić information content (AvgIpc) is 3.06. The Morgan fingerprint density at radius 3 is 2.64 bits per heavy atom. The predicted octanol–water partition coefficient (Wildman–Crippen LogP) is 6.18. The maximum absolute atomic E-state index is 10.5. The SMILES string of the molecule is O=C(O)CCC/C=C\C[C@H]1CCC[C@@H]1/C=C/CCCc1ccccc1. The molecular weight excluding hydrogens is 308 g/mol. The zero-order valence-corrected chi connectivity index (χ0v) is 15.3. The smallest absolute Gasteiger partial charge is 0.303 e. The highest BCUT2D eigenvalue weighted by atomic mass is 16.4. The van der Waals surface area contributed by atoms with Gasteiger partial charge in [0.15, 0.2) is 0 Å². The molecule has 0 aromatic heterocycles. The highest BCUT2D eigenvalue weighted by molar-refractivity contribution is 5.66. The van der Waals surface area contributed by atoms with Gasteiger partial charge in [-0.05, 0) is 68.8 Å². The highest BCUT2D eigenvalue weighted by Gasteiger charge is 2.23. The molecule has 2 nitrogen and oxygen atoms in total. The minimum absolute atomic E-state index is 0.280. The van der Waals surface area contributed by atoms with Crippen LogP contribution >= 0.6 is 0 Å². The summed E-state index contributed by atoms with van der Waals surface area (Å²) in [5, 5.41) is 8.63. The molecule has 0 spiro atoms. The molecule has 136 valence electrons. The van der Waals surface area contributed by atoms with Gasteiger partial charge in [-0.1, -0.05) is 61.1 Å². The Morgan fingerprint density at radius 2 is 1.84 bits per heavy atom. The van der Waals surface area contributed by atoms with E-state index in [0.717, 1.165) is 31.1 Å². The van der Waals surface area contributed by atoms with Gasteiger partial charge in [0.25, 0.3) is 0 Å². The number of unbranched alkanes of at least 4 members (excludes halogenated alkanes) is 2. The van der Waals surface area contributed by atoms with Gasteiger partial charge in [0.05, 0.1) is 0 Å². The van der Waals surface area contributed by atoms with Crippen molar-refractivity contribution in [3.63, 3.8) is 0 Å². The fourth-order valence-corrected chi connectivity index (χ4v) is 3.71. The molecule has 1 aliphatic rings. The van der Waals surface area contributed by atoms with E-state index >= 15 is 0 Å². The van der Waals surface area contributed by atoms with Crippen molar-refractivity contribution in [2.75, 3.05) is 0 Å². The lowest BCUT2D eigenvalue weighted by atomic mass is 9.92. The Hall–Kier alpha value is -1.83. The third-order valence-corrected chi connectivity index (χ3v) is 5.15. The Morgan fingerprint density at radius 1 is 1.04 bits per heavy atom. The number of allylic oxidation sites excluding steroid dienone is 4. The van der Waals surface area contributed by atoms with Gasteiger partial charge >= 0.3 is 5.97 Å². The van der Waals surface area contributed by atoms with Gasteiger partial charge in [0.1, 0.15) is 0 Å². The maximum Gasteiger partial charge on any atom is 0.303 e. The topological polar surface area (TPSA) is 37.3 Å². The van der Waals surface area contributed by atoms with E-state index in [9.17, 15) is 4.79 Å². The van der Waals surface area contributed by atoms with Crippen molar-refractivity contribution in [2.45, 2.75) is 64.2 Å². The molecule has 2 rings (SSSR count). The van der Waals surface area contributed by atoms with E-state index in [4.69, 9.17) is 5.11 Å². The number of carboxylic acid groups (broad SMARTS) is 1. The fraction of sp³-hybridized carbons (Fsp3) is 0.522. The van der Waals surface area contributed by atoms with Crippen LogP contribution in [0.5, 0.6) is 0 Å². The number of hydrogen-bond acceptors (Lipinski definition) is 1.